The summed E-state index contributed by atoms with van der Waals surface area (Å²) in [6.07, 6.45) is 1.06. The first-order valence-corrected chi connectivity index (χ1v) is 6.20. The molecule has 0 fully saturated rings. The molecule has 0 spiro atoms. The molecule has 0 saturated carbocycles. The van der Waals surface area contributed by atoms with Gasteiger partial charge in [-0.2, -0.15) is 0 Å². The molecule has 1 aromatic carbocycles. The van der Waals surface area contributed by atoms with Gasteiger partial charge in [0.15, 0.2) is 0 Å². The minimum Gasteiger partial charge on any atom is -0.364 e. The Kier molecular flexibility index (Phi) is 3.03. The van der Waals surface area contributed by atoms with Crippen LogP contribution in [0.25, 0.3) is 0 Å². The zero-order chi connectivity index (χ0) is 11.0. The van der Waals surface area contributed by atoms with E-state index >= 15 is 0 Å². The van der Waals surface area contributed by atoms with Gasteiger partial charge < -0.3 is 10.6 Å². The van der Waals surface area contributed by atoms with Gasteiger partial charge >= 0.3 is 0 Å². The van der Waals surface area contributed by atoms with E-state index in [0.29, 0.717) is 12.1 Å². The number of nitrogens with zero attached hydrogens (tertiary/aromatic N) is 1. The summed E-state index contributed by atoms with van der Waals surface area (Å²) in [6, 6.07) is 7.36. The Balaban J connectivity index is 2.44. The fourth-order valence-electron chi connectivity index (χ4n) is 2.42. The van der Waals surface area contributed by atoms with E-state index in [-0.39, 0.29) is 0 Å². The highest BCUT2D eigenvalue weighted by Gasteiger charge is 2.30. The Labute approximate surface area is 99.6 Å². The van der Waals surface area contributed by atoms with Gasteiger partial charge in [-0.05, 0) is 38.0 Å². The monoisotopic (exact) mass is 268 g/mol. The predicted octanol–water partition coefficient (Wildman–Crippen LogP) is 2.55. The highest BCUT2D eigenvalue weighted by Crippen LogP contribution is 2.37. The topological polar surface area (TPSA) is 29.3 Å². The zero-order valence-electron chi connectivity index (χ0n) is 9.20. The van der Waals surface area contributed by atoms with Crippen LogP contribution in [0.1, 0.15) is 19.4 Å². The number of hydrogen-bond donors (Lipinski definition) is 1. The first-order chi connectivity index (χ1) is 7.15. The van der Waals surface area contributed by atoms with Crippen molar-refractivity contribution in [2.45, 2.75) is 32.4 Å². The minimum absolute atomic E-state index is 0.457. The van der Waals surface area contributed by atoms with Gasteiger partial charge in [0.25, 0.3) is 0 Å². The van der Waals surface area contributed by atoms with Crippen molar-refractivity contribution in [2.24, 2.45) is 5.73 Å². The molecular formula is C12H17BrN2. The van der Waals surface area contributed by atoms with Crippen molar-refractivity contribution >= 4 is 21.6 Å². The van der Waals surface area contributed by atoms with Crippen LogP contribution in [0.3, 0.4) is 0 Å². The van der Waals surface area contributed by atoms with E-state index in [2.05, 4.69) is 52.9 Å². The molecule has 2 nitrogen and oxygen atoms in total. The summed E-state index contributed by atoms with van der Waals surface area (Å²) in [7, 11) is 0. The second-order valence-electron chi connectivity index (χ2n) is 4.33. The number of hydrogen-bond acceptors (Lipinski definition) is 2. The second kappa shape index (κ2) is 4.14. The average molecular weight is 269 g/mol. The van der Waals surface area contributed by atoms with Crippen LogP contribution in [0.2, 0.25) is 0 Å². The van der Waals surface area contributed by atoms with Gasteiger partial charge in [-0.25, -0.2) is 0 Å². The first kappa shape index (κ1) is 11.0. The van der Waals surface area contributed by atoms with Gasteiger partial charge in [0.1, 0.15) is 0 Å². The number of rotatable bonds is 2. The molecule has 1 aliphatic heterocycles. The normalized spacial score (nSPS) is 19.8. The van der Waals surface area contributed by atoms with Crippen LogP contribution in [-0.4, -0.2) is 18.6 Å². The summed E-state index contributed by atoms with van der Waals surface area (Å²) < 4.78 is 1.21. The quantitative estimate of drug-likeness (QED) is 0.894. The van der Waals surface area contributed by atoms with Crippen LogP contribution in [-0.2, 0) is 6.42 Å². The molecule has 2 rings (SSSR count). The Morgan fingerprint density at radius 2 is 2.27 bits per heavy atom. The van der Waals surface area contributed by atoms with E-state index in [1.54, 1.807) is 0 Å². The van der Waals surface area contributed by atoms with Crippen molar-refractivity contribution < 1.29 is 0 Å². The molecule has 1 heterocycles. The molecule has 1 atom stereocenters. The van der Waals surface area contributed by atoms with Gasteiger partial charge in [-0.3, -0.25) is 0 Å². The lowest BCUT2D eigenvalue weighted by molar-refractivity contribution is 0.576. The maximum Gasteiger partial charge on any atom is 0.0456 e. The Morgan fingerprint density at radius 1 is 1.53 bits per heavy atom. The largest absolute Gasteiger partial charge is 0.364 e. The number of fused-ring (bicyclic) bond motifs is 1. The van der Waals surface area contributed by atoms with Crippen LogP contribution in [0.15, 0.2) is 22.7 Å². The third kappa shape index (κ3) is 1.79. The van der Waals surface area contributed by atoms with Gasteiger partial charge in [-0.15, -0.1) is 0 Å². The summed E-state index contributed by atoms with van der Waals surface area (Å²) in [6.45, 7) is 5.16. The van der Waals surface area contributed by atoms with Crippen molar-refractivity contribution in [3.05, 3.63) is 28.2 Å². The lowest BCUT2D eigenvalue weighted by Gasteiger charge is -2.30. The van der Waals surface area contributed by atoms with Crippen molar-refractivity contribution in [3.8, 4) is 0 Å². The fraction of sp³-hybridized carbons (Fsp3) is 0.500. The summed E-state index contributed by atoms with van der Waals surface area (Å²) >= 11 is 3.61. The molecule has 0 radical (unpaired) electrons. The standard InChI is InChI=1S/C12H17BrN2/c1-8(2)15-9(7-14)6-10-11(13)4-3-5-12(10)15/h3-5,8-9H,6-7,14H2,1-2H3. The van der Waals surface area contributed by atoms with Crippen molar-refractivity contribution in [3.63, 3.8) is 0 Å². The molecule has 82 valence electrons. The third-order valence-corrected chi connectivity index (χ3v) is 3.78. The smallest absolute Gasteiger partial charge is 0.0456 e. The molecule has 1 aliphatic rings. The second-order valence-corrected chi connectivity index (χ2v) is 5.19. The van der Waals surface area contributed by atoms with Crippen LogP contribution in [0.5, 0.6) is 0 Å². The van der Waals surface area contributed by atoms with Crippen molar-refractivity contribution in [1.29, 1.82) is 0 Å². The van der Waals surface area contributed by atoms with E-state index in [9.17, 15) is 0 Å². The molecule has 15 heavy (non-hydrogen) atoms. The molecule has 0 amide bonds. The van der Waals surface area contributed by atoms with E-state index in [1.807, 2.05) is 0 Å². The van der Waals surface area contributed by atoms with Crippen molar-refractivity contribution in [1.82, 2.24) is 0 Å². The summed E-state index contributed by atoms with van der Waals surface area (Å²) in [5.41, 5.74) is 8.58. The van der Waals surface area contributed by atoms with E-state index in [4.69, 9.17) is 5.73 Å². The third-order valence-electron chi connectivity index (χ3n) is 3.03. The highest BCUT2D eigenvalue weighted by atomic mass is 79.9. The van der Waals surface area contributed by atoms with E-state index in [0.717, 1.165) is 13.0 Å². The summed E-state index contributed by atoms with van der Waals surface area (Å²) in [5.74, 6) is 0. The van der Waals surface area contributed by atoms with E-state index in [1.165, 1.54) is 15.7 Å². The SMILES string of the molecule is CC(C)N1c2cccc(Br)c2CC1CN. The number of nitrogens with two attached hydrogens (primary N) is 1. The number of anilines is 1. The molecule has 0 saturated heterocycles. The molecule has 1 unspecified atom stereocenters. The lowest BCUT2D eigenvalue weighted by atomic mass is 10.1. The first-order valence-electron chi connectivity index (χ1n) is 5.41. The summed E-state index contributed by atoms with van der Waals surface area (Å²) in [5, 5.41) is 0. The molecule has 3 heteroatoms. The fourth-order valence-corrected chi connectivity index (χ4v) is 2.94. The van der Waals surface area contributed by atoms with Crippen LogP contribution < -0.4 is 10.6 Å². The highest BCUT2D eigenvalue weighted by molar-refractivity contribution is 9.10. The van der Waals surface area contributed by atoms with Crippen LogP contribution in [0.4, 0.5) is 5.69 Å². The van der Waals surface area contributed by atoms with Gasteiger partial charge in [0.05, 0.1) is 0 Å². The summed E-state index contributed by atoms with van der Waals surface area (Å²) in [4.78, 5) is 2.43. The van der Waals surface area contributed by atoms with Crippen LogP contribution in [0, 0.1) is 0 Å². The molecular weight excluding hydrogens is 252 g/mol. The number of halogens is 1. The Morgan fingerprint density at radius 3 is 2.87 bits per heavy atom. The van der Waals surface area contributed by atoms with Gasteiger partial charge in [-0.1, -0.05) is 22.0 Å². The van der Waals surface area contributed by atoms with Gasteiger partial charge in [0.2, 0.25) is 0 Å². The average Bonchev–Trinajstić information content (AvgIpc) is 2.57. The Bertz CT molecular complexity index is 363. The minimum atomic E-state index is 0.457. The lowest BCUT2D eigenvalue weighted by Crippen LogP contribution is -2.42. The number of benzene rings is 1. The van der Waals surface area contributed by atoms with Gasteiger partial charge in [0, 0.05) is 28.8 Å². The molecule has 0 aromatic heterocycles. The van der Waals surface area contributed by atoms with Crippen molar-refractivity contribution in [2.75, 3.05) is 11.4 Å². The zero-order valence-corrected chi connectivity index (χ0v) is 10.8. The van der Waals surface area contributed by atoms with Crippen LogP contribution >= 0.6 is 15.9 Å². The molecule has 0 aliphatic carbocycles. The Hall–Kier alpha value is -0.540. The molecule has 1 aromatic rings. The molecule has 0 bridgehead atoms. The maximum atomic E-state index is 5.83. The maximum absolute atomic E-state index is 5.83. The predicted molar refractivity (Wildman–Crippen MR) is 68.3 cm³/mol. The molecule has 2 N–H and O–H groups in total. The van der Waals surface area contributed by atoms with E-state index < -0.39 is 0 Å².